The van der Waals surface area contributed by atoms with Gasteiger partial charge in [-0.25, -0.2) is 8.42 Å². The van der Waals surface area contributed by atoms with E-state index in [0.717, 1.165) is 24.2 Å². The second-order valence-corrected chi connectivity index (χ2v) is 6.98. The van der Waals surface area contributed by atoms with E-state index in [1.807, 2.05) is 12.1 Å². The van der Waals surface area contributed by atoms with Crippen molar-refractivity contribution in [3.8, 4) is 0 Å². The van der Waals surface area contributed by atoms with Gasteiger partial charge in [0, 0.05) is 17.5 Å². The molecule has 5 heteroatoms. The number of hydrogen-bond donors (Lipinski definition) is 1. The van der Waals surface area contributed by atoms with Crippen molar-refractivity contribution in [3.05, 3.63) is 29.2 Å². The van der Waals surface area contributed by atoms with Crippen LogP contribution in [-0.4, -0.2) is 33.0 Å². The van der Waals surface area contributed by atoms with Gasteiger partial charge >= 0.3 is 0 Å². The average Bonchev–Trinajstić information content (AvgIpc) is 2.63. The molecule has 0 aromatic heterocycles. The Morgan fingerprint density at radius 2 is 1.89 bits per heavy atom. The van der Waals surface area contributed by atoms with Crippen molar-refractivity contribution in [2.24, 2.45) is 0 Å². The molecule has 2 N–H and O–H groups in total. The molecule has 3 rings (SSSR count). The number of anilines is 1. The number of piperidine rings is 1. The fraction of sp³-hybridized carbons (Fsp3) is 0.429. The number of fused-ring (bicyclic) bond motifs is 1. The Kier molecular flexibility index (Phi) is 3.11. The third-order valence-corrected chi connectivity index (χ3v) is 5.44. The number of nitrogen functional groups attached to an aromatic ring is 1. The molecule has 1 saturated heterocycles. The molecule has 1 aromatic rings. The van der Waals surface area contributed by atoms with E-state index in [9.17, 15) is 8.42 Å². The van der Waals surface area contributed by atoms with Crippen molar-refractivity contribution < 1.29 is 8.42 Å². The topological polar surface area (TPSA) is 63.4 Å². The fourth-order valence-electron chi connectivity index (χ4n) is 2.92. The smallest absolute Gasteiger partial charge is 0.202 e. The van der Waals surface area contributed by atoms with Gasteiger partial charge in [0.2, 0.25) is 9.84 Å². The zero-order valence-electron chi connectivity index (χ0n) is 10.8. The SMILES string of the molecule is Nc1cccc2c1S(=O)(=O)C=C2CN1CCCCC1. The lowest BCUT2D eigenvalue weighted by Gasteiger charge is -2.26. The molecule has 0 saturated carbocycles. The normalized spacial score (nSPS) is 22.0. The number of sulfone groups is 1. The van der Waals surface area contributed by atoms with Gasteiger partial charge in [-0.1, -0.05) is 18.6 Å². The first-order valence-corrected chi connectivity index (χ1v) is 8.19. The summed E-state index contributed by atoms with van der Waals surface area (Å²) in [6.07, 6.45) is 3.67. The molecular formula is C14H18N2O2S. The molecule has 2 heterocycles. The molecule has 102 valence electrons. The Balaban J connectivity index is 1.94. The molecule has 0 amide bonds. The van der Waals surface area contributed by atoms with Crippen molar-refractivity contribution in [2.75, 3.05) is 25.4 Å². The molecule has 2 aliphatic rings. The van der Waals surface area contributed by atoms with Crippen LogP contribution in [0.1, 0.15) is 24.8 Å². The number of likely N-dealkylation sites (tertiary alicyclic amines) is 1. The second kappa shape index (κ2) is 4.65. The third-order valence-electron chi connectivity index (χ3n) is 3.82. The van der Waals surface area contributed by atoms with E-state index in [1.165, 1.54) is 24.7 Å². The number of hydrogen-bond acceptors (Lipinski definition) is 4. The van der Waals surface area contributed by atoms with Gasteiger partial charge in [-0.15, -0.1) is 0 Å². The maximum absolute atomic E-state index is 12.2. The summed E-state index contributed by atoms with van der Waals surface area (Å²) in [4.78, 5) is 2.62. The minimum atomic E-state index is -3.35. The van der Waals surface area contributed by atoms with Crippen LogP contribution in [0.5, 0.6) is 0 Å². The first-order chi connectivity index (χ1) is 9.08. The maximum Gasteiger partial charge on any atom is 0.202 e. The highest BCUT2D eigenvalue weighted by Crippen LogP contribution is 2.37. The Morgan fingerprint density at radius 1 is 1.16 bits per heavy atom. The predicted octanol–water partition coefficient (Wildman–Crippen LogP) is 1.88. The lowest BCUT2D eigenvalue weighted by Crippen LogP contribution is -2.30. The van der Waals surface area contributed by atoms with Crippen molar-refractivity contribution in [1.29, 1.82) is 0 Å². The summed E-state index contributed by atoms with van der Waals surface area (Å²) < 4.78 is 24.3. The minimum Gasteiger partial charge on any atom is -0.398 e. The first-order valence-electron chi connectivity index (χ1n) is 6.65. The Labute approximate surface area is 113 Å². The molecule has 0 unspecified atom stereocenters. The van der Waals surface area contributed by atoms with Crippen LogP contribution in [0, 0.1) is 0 Å². The van der Waals surface area contributed by atoms with E-state index in [-0.39, 0.29) is 0 Å². The predicted molar refractivity (Wildman–Crippen MR) is 76.3 cm³/mol. The van der Waals surface area contributed by atoms with Gasteiger partial charge in [0.15, 0.2) is 0 Å². The molecule has 1 aromatic carbocycles. The Bertz CT molecular complexity index is 629. The summed E-state index contributed by atoms with van der Waals surface area (Å²) in [6.45, 7) is 2.81. The van der Waals surface area contributed by atoms with Crippen LogP contribution < -0.4 is 5.73 Å². The summed E-state index contributed by atoms with van der Waals surface area (Å²) in [5.74, 6) is 0. The molecule has 0 atom stereocenters. The van der Waals surface area contributed by atoms with Crippen molar-refractivity contribution >= 4 is 21.1 Å². The summed E-state index contributed by atoms with van der Waals surface area (Å²) in [7, 11) is -3.35. The number of nitrogens with two attached hydrogens (primary N) is 1. The molecular weight excluding hydrogens is 260 g/mol. The summed E-state index contributed by atoms with van der Waals surface area (Å²) >= 11 is 0. The van der Waals surface area contributed by atoms with Gasteiger partial charge in [0.05, 0.1) is 5.69 Å². The van der Waals surface area contributed by atoms with E-state index in [2.05, 4.69) is 4.90 Å². The van der Waals surface area contributed by atoms with E-state index >= 15 is 0 Å². The van der Waals surface area contributed by atoms with Crippen LogP contribution in [0.25, 0.3) is 5.57 Å². The van der Waals surface area contributed by atoms with Gasteiger partial charge in [0.25, 0.3) is 0 Å². The Hall–Kier alpha value is -1.33. The molecule has 0 radical (unpaired) electrons. The van der Waals surface area contributed by atoms with Gasteiger partial charge in [-0.2, -0.15) is 0 Å². The van der Waals surface area contributed by atoms with Crippen LogP contribution in [0.4, 0.5) is 5.69 Å². The molecule has 4 nitrogen and oxygen atoms in total. The largest absolute Gasteiger partial charge is 0.398 e. The number of nitrogens with zero attached hydrogens (tertiary/aromatic N) is 1. The zero-order chi connectivity index (χ0) is 13.5. The maximum atomic E-state index is 12.2. The van der Waals surface area contributed by atoms with Crippen LogP contribution in [0.15, 0.2) is 28.5 Å². The highest BCUT2D eigenvalue weighted by Gasteiger charge is 2.29. The molecule has 2 aliphatic heterocycles. The van der Waals surface area contributed by atoms with E-state index in [1.54, 1.807) is 6.07 Å². The van der Waals surface area contributed by atoms with Gasteiger partial charge in [0.1, 0.15) is 4.90 Å². The number of rotatable bonds is 2. The lowest BCUT2D eigenvalue weighted by atomic mass is 10.0. The minimum absolute atomic E-state index is 0.294. The third kappa shape index (κ3) is 2.28. The van der Waals surface area contributed by atoms with Crippen molar-refractivity contribution in [1.82, 2.24) is 4.90 Å². The molecule has 0 spiro atoms. The van der Waals surface area contributed by atoms with Crippen LogP contribution >= 0.6 is 0 Å². The summed E-state index contributed by atoms with van der Waals surface area (Å²) in [5.41, 5.74) is 7.83. The quantitative estimate of drug-likeness (QED) is 0.839. The van der Waals surface area contributed by atoms with Crippen LogP contribution in [0.2, 0.25) is 0 Å². The van der Waals surface area contributed by atoms with E-state index in [0.29, 0.717) is 17.1 Å². The standard InChI is InChI=1S/C14H18N2O2S/c15-13-6-4-5-12-11(10-19(17,18)14(12)13)9-16-7-2-1-3-8-16/h4-6,10H,1-3,7-9,15H2. The summed E-state index contributed by atoms with van der Waals surface area (Å²) in [5, 5.41) is 1.39. The highest BCUT2D eigenvalue weighted by molar-refractivity contribution is 7.95. The number of benzene rings is 1. The molecule has 0 bridgehead atoms. The molecule has 19 heavy (non-hydrogen) atoms. The molecule has 0 aliphatic carbocycles. The summed E-state index contributed by atoms with van der Waals surface area (Å²) in [6, 6.07) is 5.32. The first kappa shape index (κ1) is 12.7. The zero-order valence-corrected chi connectivity index (χ0v) is 11.6. The Morgan fingerprint density at radius 3 is 2.63 bits per heavy atom. The van der Waals surface area contributed by atoms with E-state index in [4.69, 9.17) is 5.73 Å². The van der Waals surface area contributed by atoms with Crippen LogP contribution in [0.3, 0.4) is 0 Å². The second-order valence-electron chi connectivity index (χ2n) is 5.25. The van der Waals surface area contributed by atoms with E-state index < -0.39 is 9.84 Å². The lowest BCUT2D eigenvalue weighted by molar-refractivity contribution is 0.255. The molecule has 1 fully saturated rings. The van der Waals surface area contributed by atoms with Crippen molar-refractivity contribution in [3.63, 3.8) is 0 Å². The average molecular weight is 278 g/mol. The van der Waals surface area contributed by atoms with Gasteiger partial charge in [-0.05, 0) is 37.6 Å². The van der Waals surface area contributed by atoms with Crippen LogP contribution in [-0.2, 0) is 9.84 Å². The van der Waals surface area contributed by atoms with Crippen molar-refractivity contribution in [2.45, 2.75) is 24.2 Å². The highest BCUT2D eigenvalue weighted by atomic mass is 32.2. The van der Waals surface area contributed by atoms with Gasteiger partial charge in [-0.3, -0.25) is 4.90 Å². The van der Waals surface area contributed by atoms with Gasteiger partial charge < -0.3 is 5.73 Å². The fourth-order valence-corrected chi connectivity index (χ4v) is 4.51. The monoisotopic (exact) mass is 278 g/mol.